The van der Waals surface area contributed by atoms with Crippen molar-refractivity contribution in [3.05, 3.63) is 57.5 Å². The first-order valence-electron chi connectivity index (χ1n) is 12.5. The topological polar surface area (TPSA) is 50.3 Å². The van der Waals surface area contributed by atoms with Gasteiger partial charge in [0.2, 0.25) is 0 Å². The van der Waals surface area contributed by atoms with E-state index < -0.39 is 0 Å². The minimum absolute atomic E-state index is 0.0649. The summed E-state index contributed by atoms with van der Waals surface area (Å²) in [5.41, 5.74) is 7.07. The van der Waals surface area contributed by atoms with E-state index in [4.69, 9.17) is 4.74 Å². The average molecular weight is 448 g/mol. The summed E-state index contributed by atoms with van der Waals surface area (Å²) >= 11 is 0. The fraction of sp³-hybridized carbons (Fsp3) is 0.536. The Hall–Kier alpha value is -2.37. The number of hydrogen-bond acceptors (Lipinski definition) is 3. The number of aromatic nitrogens is 2. The monoisotopic (exact) mass is 447 g/mol. The fourth-order valence-corrected chi connectivity index (χ4v) is 5.87. The van der Waals surface area contributed by atoms with Crippen LogP contribution < -0.4 is 5.56 Å². The summed E-state index contributed by atoms with van der Waals surface area (Å²) < 4.78 is 7.26. The van der Waals surface area contributed by atoms with E-state index >= 15 is 0 Å². The quantitative estimate of drug-likeness (QED) is 0.586. The summed E-state index contributed by atoms with van der Waals surface area (Å²) in [7, 11) is 1.83. The summed E-state index contributed by atoms with van der Waals surface area (Å²) in [5, 5.41) is 1.33. The van der Waals surface area contributed by atoms with Crippen molar-refractivity contribution in [2.45, 2.75) is 51.9 Å². The maximum Gasteiger partial charge on any atom is 0.253 e. The van der Waals surface area contributed by atoms with Crippen LogP contribution in [0.4, 0.5) is 0 Å². The highest BCUT2D eigenvalue weighted by Gasteiger charge is 2.25. The van der Waals surface area contributed by atoms with Crippen LogP contribution in [0.5, 0.6) is 0 Å². The van der Waals surface area contributed by atoms with Crippen LogP contribution >= 0.6 is 0 Å². The van der Waals surface area contributed by atoms with Crippen LogP contribution in [-0.4, -0.2) is 47.3 Å². The third-order valence-electron chi connectivity index (χ3n) is 7.69. The minimum atomic E-state index is 0.0649. The molecule has 1 N–H and O–H groups in total. The molecule has 2 aliphatic heterocycles. The van der Waals surface area contributed by atoms with Crippen LogP contribution in [0.3, 0.4) is 0 Å². The van der Waals surface area contributed by atoms with E-state index in [9.17, 15) is 4.79 Å². The molecule has 33 heavy (non-hydrogen) atoms. The standard InChI is InChI=1S/C28H37N3O2/c1-18(2)26-24-14-22(21-7-10-31(11-8-21)15-20-9-12-33-17-20)5-6-25(24)29-27(26)23-13-19(3)28(32)30(4)16-23/h5-6,13-14,16,18,20-21,29H,7-12,15,17H2,1-4H3. The number of nitrogens with zero attached hydrogens (tertiary/aromatic N) is 2. The van der Waals surface area contributed by atoms with Gasteiger partial charge < -0.3 is 19.2 Å². The van der Waals surface area contributed by atoms with E-state index in [0.29, 0.717) is 11.8 Å². The number of aromatic amines is 1. The highest BCUT2D eigenvalue weighted by molar-refractivity contribution is 5.92. The molecule has 2 aliphatic rings. The minimum Gasteiger partial charge on any atom is -0.381 e. The zero-order valence-corrected chi connectivity index (χ0v) is 20.5. The van der Waals surface area contributed by atoms with E-state index in [1.807, 2.05) is 26.2 Å². The summed E-state index contributed by atoms with van der Waals surface area (Å²) in [6.07, 6.45) is 5.64. The number of fused-ring (bicyclic) bond motifs is 1. The molecular weight excluding hydrogens is 410 g/mol. The van der Waals surface area contributed by atoms with Crippen molar-refractivity contribution in [2.24, 2.45) is 13.0 Å². The van der Waals surface area contributed by atoms with Crippen LogP contribution in [0.2, 0.25) is 0 Å². The number of piperidine rings is 1. The number of hydrogen-bond donors (Lipinski definition) is 1. The van der Waals surface area contributed by atoms with E-state index in [1.165, 1.54) is 60.9 Å². The van der Waals surface area contributed by atoms with Crippen molar-refractivity contribution < 1.29 is 4.74 Å². The van der Waals surface area contributed by atoms with Gasteiger partial charge in [-0.15, -0.1) is 0 Å². The van der Waals surface area contributed by atoms with Gasteiger partial charge in [0.15, 0.2) is 0 Å². The lowest BCUT2D eigenvalue weighted by molar-refractivity contribution is 0.152. The molecule has 0 amide bonds. The molecule has 2 fully saturated rings. The number of ether oxygens (including phenoxy) is 1. The molecule has 3 aromatic rings. The molecule has 2 saturated heterocycles. The molecule has 0 radical (unpaired) electrons. The second kappa shape index (κ2) is 9.11. The van der Waals surface area contributed by atoms with Gasteiger partial charge in [0, 0.05) is 48.4 Å². The molecule has 2 aromatic heterocycles. The Morgan fingerprint density at radius 2 is 1.94 bits per heavy atom. The number of pyridine rings is 1. The van der Waals surface area contributed by atoms with Crippen molar-refractivity contribution in [1.82, 2.24) is 14.5 Å². The second-order valence-electron chi connectivity index (χ2n) is 10.5. The maximum atomic E-state index is 12.2. The summed E-state index contributed by atoms with van der Waals surface area (Å²) in [6, 6.07) is 9.04. The Bertz CT molecular complexity index is 1170. The number of nitrogens with one attached hydrogen (secondary N) is 1. The van der Waals surface area contributed by atoms with Crippen molar-refractivity contribution in [3.63, 3.8) is 0 Å². The third-order valence-corrected chi connectivity index (χ3v) is 7.69. The SMILES string of the molecule is Cc1cc(-c2[nH]c3ccc(C4CCN(CC5CCOC5)CC4)cc3c2C(C)C)cn(C)c1=O. The normalized spacial score (nSPS) is 20.3. The third kappa shape index (κ3) is 4.41. The Kier molecular flexibility index (Phi) is 6.19. The number of rotatable bonds is 5. The molecule has 0 spiro atoms. The zero-order valence-electron chi connectivity index (χ0n) is 20.5. The predicted molar refractivity (Wildman–Crippen MR) is 135 cm³/mol. The number of aryl methyl sites for hydroxylation is 2. The largest absolute Gasteiger partial charge is 0.381 e. The molecule has 5 nitrogen and oxygen atoms in total. The van der Waals surface area contributed by atoms with Gasteiger partial charge in [-0.2, -0.15) is 0 Å². The fourth-order valence-electron chi connectivity index (χ4n) is 5.87. The molecule has 0 bridgehead atoms. The van der Waals surface area contributed by atoms with E-state index in [2.05, 4.69) is 41.9 Å². The highest BCUT2D eigenvalue weighted by atomic mass is 16.5. The van der Waals surface area contributed by atoms with Crippen LogP contribution in [0.25, 0.3) is 22.2 Å². The van der Waals surface area contributed by atoms with Gasteiger partial charge in [-0.1, -0.05) is 19.9 Å². The Morgan fingerprint density at radius 3 is 2.61 bits per heavy atom. The first-order valence-corrected chi connectivity index (χ1v) is 12.5. The molecular formula is C28H37N3O2. The van der Waals surface area contributed by atoms with Gasteiger partial charge in [0.25, 0.3) is 5.56 Å². The van der Waals surface area contributed by atoms with Crippen LogP contribution in [-0.2, 0) is 11.8 Å². The van der Waals surface area contributed by atoms with Crippen molar-refractivity contribution in [3.8, 4) is 11.3 Å². The lowest BCUT2D eigenvalue weighted by Crippen LogP contribution is -2.36. The first-order chi connectivity index (χ1) is 15.9. The van der Waals surface area contributed by atoms with Gasteiger partial charge in [-0.3, -0.25) is 4.79 Å². The Morgan fingerprint density at radius 1 is 1.15 bits per heavy atom. The summed E-state index contributed by atoms with van der Waals surface area (Å²) in [6.45, 7) is 11.9. The smallest absolute Gasteiger partial charge is 0.253 e. The molecule has 5 rings (SSSR count). The van der Waals surface area contributed by atoms with Crippen molar-refractivity contribution >= 4 is 10.9 Å². The molecule has 1 atom stereocenters. The number of benzene rings is 1. The Labute approximate surface area is 196 Å². The molecule has 4 heterocycles. The number of H-pyrrole nitrogens is 1. The van der Waals surface area contributed by atoms with E-state index in [1.54, 1.807) is 4.57 Å². The van der Waals surface area contributed by atoms with Gasteiger partial charge >= 0.3 is 0 Å². The van der Waals surface area contributed by atoms with Crippen LogP contribution in [0, 0.1) is 12.8 Å². The Balaban J connectivity index is 1.42. The van der Waals surface area contributed by atoms with Gasteiger partial charge in [0.1, 0.15) is 0 Å². The van der Waals surface area contributed by atoms with Gasteiger partial charge in [0.05, 0.1) is 12.3 Å². The maximum absolute atomic E-state index is 12.2. The van der Waals surface area contributed by atoms with E-state index in [0.717, 1.165) is 36.0 Å². The lowest BCUT2D eigenvalue weighted by atomic mass is 9.87. The molecule has 1 unspecified atom stereocenters. The lowest BCUT2D eigenvalue weighted by Gasteiger charge is -2.33. The summed E-state index contributed by atoms with van der Waals surface area (Å²) in [5.74, 6) is 1.74. The zero-order chi connectivity index (χ0) is 23.1. The molecule has 176 valence electrons. The molecule has 0 aliphatic carbocycles. The van der Waals surface area contributed by atoms with Gasteiger partial charge in [-0.25, -0.2) is 0 Å². The van der Waals surface area contributed by atoms with E-state index in [-0.39, 0.29) is 5.56 Å². The number of likely N-dealkylation sites (tertiary alicyclic amines) is 1. The highest BCUT2D eigenvalue weighted by Crippen LogP contribution is 2.38. The molecule has 0 saturated carbocycles. The molecule has 5 heteroatoms. The van der Waals surface area contributed by atoms with Gasteiger partial charge in [-0.05, 0) is 86.4 Å². The second-order valence-corrected chi connectivity index (χ2v) is 10.5. The van der Waals surface area contributed by atoms with Crippen molar-refractivity contribution in [2.75, 3.05) is 32.8 Å². The predicted octanol–water partition coefficient (Wildman–Crippen LogP) is 5.18. The summed E-state index contributed by atoms with van der Waals surface area (Å²) in [4.78, 5) is 18.5. The average Bonchev–Trinajstić information content (AvgIpc) is 3.44. The first kappa shape index (κ1) is 22.4. The van der Waals surface area contributed by atoms with Crippen molar-refractivity contribution in [1.29, 1.82) is 0 Å². The molecule has 1 aromatic carbocycles. The van der Waals surface area contributed by atoms with Crippen LogP contribution in [0.1, 0.15) is 61.6 Å². The van der Waals surface area contributed by atoms with Crippen LogP contribution in [0.15, 0.2) is 35.3 Å².